The number of aromatic nitrogens is 1. The molecule has 0 amide bonds. The number of carbonyl (C=O) groups is 1. The monoisotopic (exact) mass is 281 g/mol. The normalized spacial score (nSPS) is 10.8. The van der Waals surface area contributed by atoms with E-state index in [9.17, 15) is 4.79 Å². The zero-order valence-electron chi connectivity index (χ0n) is 9.35. The number of fused-ring (bicyclic) bond motifs is 1. The van der Waals surface area contributed by atoms with Crippen molar-refractivity contribution in [3.63, 3.8) is 0 Å². The van der Waals surface area contributed by atoms with Crippen molar-refractivity contribution < 1.29 is 9.53 Å². The topological polar surface area (TPSA) is 42.1 Å². The van der Waals surface area contributed by atoms with Gasteiger partial charge in [-0.1, -0.05) is 22.0 Å². The van der Waals surface area contributed by atoms with E-state index >= 15 is 0 Å². The molecule has 1 N–H and O–H groups in total. The van der Waals surface area contributed by atoms with Crippen molar-refractivity contribution in [2.45, 2.75) is 13.8 Å². The van der Waals surface area contributed by atoms with Gasteiger partial charge in [0, 0.05) is 15.6 Å². The van der Waals surface area contributed by atoms with Gasteiger partial charge in [0.1, 0.15) is 0 Å². The van der Waals surface area contributed by atoms with Crippen molar-refractivity contribution >= 4 is 32.8 Å². The highest BCUT2D eigenvalue weighted by atomic mass is 79.9. The van der Waals surface area contributed by atoms with Crippen molar-refractivity contribution in [1.82, 2.24) is 4.98 Å². The fourth-order valence-electron chi connectivity index (χ4n) is 1.88. The number of hydrogen-bond acceptors (Lipinski definition) is 2. The number of H-pyrrole nitrogens is 1. The molecule has 0 aliphatic heterocycles. The van der Waals surface area contributed by atoms with Gasteiger partial charge >= 0.3 is 5.97 Å². The minimum atomic E-state index is -0.310. The quantitative estimate of drug-likeness (QED) is 0.815. The van der Waals surface area contributed by atoms with Crippen LogP contribution in [0.15, 0.2) is 16.6 Å². The van der Waals surface area contributed by atoms with Gasteiger partial charge in [0.15, 0.2) is 0 Å². The molecule has 0 unspecified atom stereocenters. The summed E-state index contributed by atoms with van der Waals surface area (Å²) < 4.78 is 5.70. The second-order valence-electron chi connectivity index (χ2n) is 3.73. The maximum atomic E-state index is 11.7. The fourth-order valence-corrected chi connectivity index (χ4v) is 2.41. The van der Waals surface area contributed by atoms with E-state index in [2.05, 4.69) is 20.9 Å². The Morgan fingerprint density at radius 2 is 2.06 bits per heavy atom. The van der Waals surface area contributed by atoms with Crippen LogP contribution in [0.3, 0.4) is 0 Å². The molecule has 0 saturated heterocycles. The van der Waals surface area contributed by atoms with Crippen LogP contribution >= 0.6 is 15.9 Å². The standard InChI is InChI=1S/C12H12BrNO2/c1-6-4-5-8(13)10-9(12(15)16-3)7(2)14-11(6)10/h4-5,14H,1-3H3. The van der Waals surface area contributed by atoms with Gasteiger partial charge in [-0.2, -0.15) is 0 Å². The highest BCUT2D eigenvalue weighted by Crippen LogP contribution is 2.31. The van der Waals surface area contributed by atoms with Gasteiger partial charge in [0.2, 0.25) is 0 Å². The maximum absolute atomic E-state index is 11.7. The van der Waals surface area contributed by atoms with Gasteiger partial charge in [-0.25, -0.2) is 4.79 Å². The summed E-state index contributed by atoms with van der Waals surface area (Å²) in [6.07, 6.45) is 0. The largest absolute Gasteiger partial charge is 0.465 e. The zero-order chi connectivity index (χ0) is 11.9. The molecule has 16 heavy (non-hydrogen) atoms. The van der Waals surface area contributed by atoms with E-state index in [1.807, 2.05) is 26.0 Å². The molecule has 1 heterocycles. The number of ether oxygens (including phenoxy) is 1. The third kappa shape index (κ3) is 1.53. The summed E-state index contributed by atoms with van der Waals surface area (Å²) in [5.41, 5.74) is 3.52. The van der Waals surface area contributed by atoms with Crippen LogP contribution in [0, 0.1) is 13.8 Å². The minimum Gasteiger partial charge on any atom is -0.465 e. The van der Waals surface area contributed by atoms with Crippen molar-refractivity contribution in [3.05, 3.63) is 33.4 Å². The average Bonchev–Trinajstić information content (AvgIpc) is 2.61. The first-order valence-electron chi connectivity index (χ1n) is 4.92. The van der Waals surface area contributed by atoms with Crippen molar-refractivity contribution in [1.29, 1.82) is 0 Å². The smallest absolute Gasteiger partial charge is 0.340 e. The highest BCUT2D eigenvalue weighted by Gasteiger charge is 2.19. The Bertz CT molecular complexity index is 572. The molecule has 1 aromatic heterocycles. The van der Waals surface area contributed by atoms with E-state index in [-0.39, 0.29) is 5.97 Å². The maximum Gasteiger partial charge on any atom is 0.340 e. The van der Waals surface area contributed by atoms with Gasteiger partial charge < -0.3 is 9.72 Å². The number of hydrogen-bond donors (Lipinski definition) is 1. The number of nitrogens with one attached hydrogen (secondary N) is 1. The molecule has 84 valence electrons. The van der Waals surface area contributed by atoms with Gasteiger partial charge in [0.05, 0.1) is 18.2 Å². The summed E-state index contributed by atoms with van der Waals surface area (Å²) in [5, 5.41) is 0.893. The van der Waals surface area contributed by atoms with Gasteiger partial charge in [0.25, 0.3) is 0 Å². The van der Waals surface area contributed by atoms with Gasteiger partial charge in [-0.05, 0) is 25.5 Å². The lowest BCUT2D eigenvalue weighted by Crippen LogP contribution is -2.02. The summed E-state index contributed by atoms with van der Waals surface area (Å²) in [6, 6.07) is 3.95. The second-order valence-corrected chi connectivity index (χ2v) is 4.59. The van der Waals surface area contributed by atoms with Crippen molar-refractivity contribution in [2.75, 3.05) is 7.11 Å². The Kier molecular flexibility index (Phi) is 2.76. The van der Waals surface area contributed by atoms with E-state index in [0.717, 1.165) is 26.6 Å². The number of esters is 1. The molecule has 2 rings (SSSR count). The zero-order valence-corrected chi connectivity index (χ0v) is 10.9. The number of rotatable bonds is 1. The summed E-state index contributed by atoms with van der Waals surface area (Å²) in [6.45, 7) is 3.88. The molecular formula is C12H12BrNO2. The van der Waals surface area contributed by atoms with Crippen molar-refractivity contribution in [2.24, 2.45) is 0 Å². The summed E-state index contributed by atoms with van der Waals surface area (Å²) >= 11 is 3.46. The molecule has 0 aliphatic rings. The first-order chi connectivity index (χ1) is 7.56. The van der Waals surface area contributed by atoms with Crippen LogP contribution in [-0.4, -0.2) is 18.1 Å². The minimum absolute atomic E-state index is 0.310. The second kappa shape index (κ2) is 3.94. The van der Waals surface area contributed by atoms with Crippen LogP contribution in [0.25, 0.3) is 10.9 Å². The Balaban J connectivity index is 2.88. The Morgan fingerprint density at radius 3 is 2.69 bits per heavy atom. The Hall–Kier alpha value is -1.29. The lowest BCUT2D eigenvalue weighted by Gasteiger charge is -2.01. The molecule has 3 nitrogen and oxygen atoms in total. The highest BCUT2D eigenvalue weighted by molar-refractivity contribution is 9.10. The summed E-state index contributed by atoms with van der Waals surface area (Å²) in [5.74, 6) is -0.310. The third-order valence-electron chi connectivity index (χ3n) is 2.69. The average molecular weight is 282 g/mol. The molecule has 2 aromatic rings. The van der Waals surface area contributed by atoms with Crippen LogP contribution in [-0.2, 0) is 4.74 Å². The fraction of sp³-hybridized carbons (Fsp3) is 0.250. The number of aromatic amines is 1. The summed E-state index contributed by atoms with van der Waals surface area (Å²) in [7, 11) is 1.39. The molecule has 0 fully saturated rings. The molecule has 0 saturated carbocycles. The predicted molar refractivity (Wildman–Crippen MR) is 66.8 cm³/mol. The van der Waals surface area contributed by atoms with Gasteiger partial charge in [-0.15, -0.1) is 0 Å². The molecule has 0 radical (unpaired) electrons. The van der Waals surface area contributed by atoms with Crippen LogP contribution in [0.5, 0.6) is 0 Å². The number of benzene rings is 1. The predicted octanol–water partition coefficient (Wildman–Crippen LogP) is 3.33. The van der Waals surface area contributed by atoms with Crippen LogP contribution < -0.4 is 0 Å². The number of carbonyl (C=O) groups excluding carboxylic acids is 1. The van der Waals surface area contributed by atoms with Crippen LogP contribution in [0.2, 0.25) is 0 Å². The van der Waals surface area contributed by atoms with Crippen LogP contribution in [0.1, 0.15) is 21.6 Å². The molecule has 0 spiro atoms. The number of aryl methyl sites for hydroxylation is 2. The van der Waals surface area contributed by atoms with Crippen LogP contribution in [0.4, 0.5) is 0 Å². The SMILES string of the molecule is COC(=O)c1c(C)[nH]c2c(C)ccc(Br)c12. The lowest BCUT2D eigenvalue weighted by atomic mass is 10.1. The number of halogens is 1. The van der Waals surface area contributed by atoms with E-state index in [4.69, 9.17) is 4.74 Å². The van der Waals surface area contributed by atoms with E-state index in [0.29, 0.717) is 5.56 Å². The Labute approximate surface area is 102 Å². The number of methoxy groups -OCH3 is 1. The van der Waals surface area contributed by atoms with Gasteiger partial charge in [-0.3, -0.25) is 0 Å². The Morgan fingerprint density at radius 1 is 1.38 bits per heavy atom. The molecule has 0 bridgehead atoms. The molecule has 4 heteroatoms. The summed E-state index contributed by atoms with van der Waals surface area (Å²) in [4.78, 5) is 14.9. The first-order valence-corrected chi connectivity index (χ1v) is 5.71. The lowest BCUT2D eigenvalue weighted by molar-refractivity contribution is 0.0602. The third-order valence-corrected chi connectivity index (χ3v) is 3.35. The van der Waals surface area contributed by atoms with E-state index in [1.165, 1.54) is 7.11 Å². The molecule has 0 aliphatic carbocycles. The first kappa shape index (κ1) is 11.2. The molecular weight excluding hydrogens is 270 g/mol. The molecule has 1 aromatic carbocycles. The van der Waals surface area contributed by atoms with Crippen molar-refractivity contribution in [3.8, 4) is 0 Å². The van der Waals surface area contributed by atoms with E-state index < -0.39 is 0 Å². The van der Waals surface area contributed by atoms with E-state index in [1.54, 1.807) is 0 Å². The molecule has 0 atom stereocenters.